The van der Waals surface area contributed by atoms with E-state index >= 15 is 0 Å². The van der Waals surface area contributed by atoms with Gasteiger partial charge in [-0.3, -0.25) is 0 Å². The lowest BCUT2D eigenvalue weighted by Crippen LogP contribution is -2.35. The number of ether oxygens (including phenoxy) is 2. The summed E-state index contributed by atoms with van der Waals surface area (Å²) in [6.07, 6.45) is 0.304. The SMILES string of the molecule is NCCc1c(O)cc2c(c1NC(N)=S)C1(OC(=O)c3ccccc31)c1ccc(O)cc1O2. The second-order valence-electron chi connectivity index (χ2n) is 7.55. The number of hydrogen-bond acceptors (Lipinski definition) is 7. The van der Waals surface area contributed by atoms with Gasteiger partial charge in [0.15, 0.2) is 10.7 Å². The highest BCUT2D eigenvalue weighted by Gasteiger charge is 2.55. The molecule has 9 heteroatoms. The van der Waals surface area contributed by atoms with E-state index in [9.17, 15) is 15.0 Å². The molecule has 1 atom stereocenters. The van der Waals surface area contributed by atoms with Crippen molar-refractivity contribution in [1.29, 1.82) is 0 Å². The molecule has 2 aliphatic rings. The normalized spacial score (nSPS) is 17.7. The fourth-order valence-corrected chi connectivity index (χ4v) is 4.62. The molecule has 0 saturated carbocycles. The number of hydrogen-bond donors (Lipinski definition) is 5. The number of fused-ring (bicyclic) bond motifs is 6. The lowest BCUT2D eigenvalue weighted by molar-refractivity contribution is 0.0226. The third kappa shape index (κ3) is 2.72. The number of benzene rings is 3. The summed E-state index contributed by atoms with van der Waals surface area (Å²) in [7, 11) is 0. The van der Waals surface area contributed by atoms with Crippen LogP contribution in [0, 0.1) is 0 Å². The Hall–Kier alpha value is -3.82. The van der Waals surface area contributed by atoms with Crippen molar-refractivity contribution in [1.82, 2.24) is 0 Å². The molecule has 1 spiro atoms. The van der Waals surface area contributed by atoms with Crippen LogP contribution in [0.5, 0.6) is 23.0 Å². The van der Waals surface area contributed by atoms with Crippen molar-refractivity contribution in [3.63, 3.8) is 0 Å². The molecule has 162 valence electrons. The van der Waals surface area contributed by atoms with Gasteiger partial charge < -0.3 is 36.5 Å². The van der Waals surface area contributed by atoms with Gasteiger partial charge in [0.05, 0.1) is 16.8 Å². The Morgan fingerprint density at radius 1 is 1.09 bits per heavy atom. The molecule has 0 radical (unpaired) electrons. The molecule has 8 nitrogen and oxygen atoms in total. The molecule has 0 aromatic heterocycles. The van der Waals surface area contributed by atoms with E-state index in [0.717, 1.165) is 0 Å². The molecule has 0 fully saturated rings. The number of nitrogens with one attached hydrogen (secondary N) is 1. The number of anilines is 1. The summed E-state index contributed by atoms with van der Waals surface area (Å²) in [5, 5.41) is 23.7. The first-order valence-electron chi connectivity index (χ1n) is 9.87. The molecule has 0 bridgehead atoms. The number of carbonyl (C=O) groups excluding carboxylic acids is 1. The summed E-state index contributed by atoms with van der Waals surface area (Å²) in [6, 6.07) is 13.0. The smallest absolute Gasteiger partial charge is 0.340 e. The lowest BCUT2D eigenvalue weighted by Gasteiger charge is -2.38. The zero-order valence-corrected chi connectivity index (χ0v) is 17.5. The topological polar surface area (TPSA) is 140 Å². The quantitative estimate of drug-likeness (QED) is 0.301. The second kappa shape index (κ2) is 7.11. The average Bonchev–Trinajstić information content (AvgIpc) is 3.03. The highest BCUT2D eigenvalue weighted by Crippen LogP contribution is 2.60. The zero-order chi connectivity index (χ0) is 22.6. The Balaban J connectivity index is 1.94. The second-order valence-corrected chi connectivity index (χ2v) is 7.99. The van der Waals surface area contributed by atoms with Crippen molar-refractivity contribution >= 4 is 29.0 Å². The van der Waals surface area contributed by atoms with Crippen molar-refractivity contribution in [2.45, 2.75) is 12.0 Å². The minimum Gasteiger partial charge on any atom is -0.508 e. The van der Waals surface area contributed by atoms with E-state index in [0.29, 0.717) is 39.9 Å². The van der Waals surface area contributed by atoms with Gasteiger partial charge in [-0.25, -0.2) is 4.79 Å². The van der Waals surface area contributed by atoms with Crippen molar-refractivity contribution in [2.24, 2.45) is 11.5 Å². The van der Waals surface area contributed by atoms with E-state index < -0.39 is 11.6 Å². The molecule has 0 saturated heterocycles. The molecule has 5 rings (SSSR count). The van der Waals surface area contributed by atoms with E-state index in [1.54, 1.807) is 30.3 Å². The molecule has 0 amide bonds. The first-order valence-corrected chi connectivity index (χ1v) is 10.3. The summed E-state index contributed by atoms with van der Waals surface area (Å²) in [5.74, 6) is -0.101. The summed E-state index contributed by atoms with van der Waals surface area (Å²) in [6.45, 7) is 0.243. The van der Waals surface area contributed by atoms with Crippen molar-refractivity contribution in [3.8, 4) is 23.0 Å². The molecule has 1 unspecified atom stereocenters. The van der Waals surface area contributed by atoms with Crippen LogP contribution in [-0.4, -0.2) is 27.8 Å². The number of phenolic OH excluding ortho intramolecular Hbond substituents is 2. The van der Waals surface area contributed by atoms with Gasteiger partial charge in [-0.2, -0.15) is 0 Å². The molecule has 2 aliphatic heterocycles. The lowest BCUT2D eigenvalue weighted by atomic mass is 9.76. The minimum absolute atomic E-state index is 0.0228. The van der Waals surface area contributed by atoms with Gasteiger partial charge in [0.2, 0.25) is 0 Å². The maximum absolute atomic E-state index is 13.0. The molecule has 7 N–H and O–H groups in total. The van der Waals surface area contributed by atoms with Gasteiger partial charge >= 0.3 is 5.97 Å². The van der Waals surface area contributed by atoms with Gasteiger partial charge in [-0.15, -0.1) is 0 Å². The monoisotopic (exact) mass is 449 g/mol. The van der Waals surface area contributed by atoms with E-state index in [-0.39, 0.29) is 34.7 Å². The Bertz CT molecular complexity index is 1310. The van der Waals surface area contributed by atoms with Gasteiger partial charge in [-0.05, 0) is 43.4 Å². The zero-order valence-electron chi connectivity index (χ0n) is 16.7. The third-order valence-corrected chi connectivity index (χ3v) is 5.81. The molecule has 3 aromatic rings. The van der Waals surface area contributed by atoms with Crippen LogP contribution in [0.15, 0.2) is 48.5 Å². The molecule has 2 heterocycles. The van der Waals surface area contributed by atoms with Crippen LogP contribution in [-0.2, 0) is 16.8 Å². The molecular weight excluding hydrogens is 430 g/mol. The number of phenols is 2. The van der Waals surface area contributed by atoms with Gasteiger partial charge in [0.25, 0.3) is 0 Å². The summed E-state index contributed by atoms with van der Waals surface area (Å²) < 4.78 is 12.2. The number of carbonyl (C=O) groups is 1. The van der Waals surface area contributed by atoms with Crippen LogP contribution >= 0.6 is 12.2 Å². The average molecular weight is 449 g/mol. The Labute approximate surface area is 188 Å². The summed E-state index contributed by atoms with van der Waals surface area (Å²) in [4.78, 5) is 13.0. The molecule has 3 aromatic carbocycles. The van der Waals surface area contributed by atoms with Crippen LogP contribution in [0.2, 0.25) is 0 Å². The first-order chi connectivity index (χ1) is 15.4. The Kier molecular flexibility index (Phi) is 4.47. The summed E-state index contributed by atoms with van der Waals surface area (Å²) >= 11 is 5.10. The largest absolute Gasteiger partial charge is 0.508 e. The van der Waals surface area contributed by atoms with Crippen LogP contribution in [0.3, 0.4) is 0 Å². The Morgan fingerprint density at radius 2 is 1.88 bits per heavy atom. The van der Waals surface area contributed by atoms with Crippen LogP contribution < -0.4 is 21.5 Å². The highest BCUT2D eigenvalue weighted by atomic mass is 32.1. The standard InChI is InChI=1S/C23H19N3O5S/c24-8-7-13-16(28)10-18-19(20(13)26-22(25)32)23(15-6-5-11(27)9-17(15)30-18)14-4-2-1-3-12(14)21(29)31-23/h1-6,9-10,27-28H,7-8,24H2,(H3,25,26,32). The fraction of sp³-hybridized carbons (Fsp3) is 0.130. The van der Waals surface area contributed by atoms with E-state index in [2.05, 4.69) is 5.32 Å². The van der Waals surface area contributed by atoms with E-state index in [1.807, 2.05) is 0 Å². The molecule has 0 aliphatic carbocycles. The maximum Gasteiger partial charge on any atom is 0.340 e. The Morgan fingerprint density at radius 3 is 2.62 bits per heavy atom. The minimum atomic E-state index is -1.42. The predicted molar refractivity (Wildman–Crippen MR) is 121 cm³/mol. The van der Waals surface area contributed by atoms with E-state index in [1.165, 1.54) is 18.2 Å². The van der Waals surface area contributed by atoms with Crippen molar-refractivity contribution in [3.05, 3.63) is 76.3 Å². The van der Waals surface area contributed by atoms with Gasteiger partial charge in [0.1, 0.15) is 23.0 Å². The van der Waals surface area contributed by atoms with Crippen LogP contribution in [0.1, 0.15) is 32.6 Å². The molecule has 32 heavy (non-hydrogen) atoms. The number of thiocarbonyl (C=S) groups is 1. The first kappa shape index (κ1) is 20.1. The van der Waals surface area contributed by atoms with Gasteiger partial charge in [0, 0.05) is 28.8 Å². The maximum atomic E-state index is 13.0. The highest BCUT2D eigenvalue weighted by molar-refractivity contribution is 7.80. The third-order valence-electron chi connectivity index (χ3n) is 5.71. The van der Waals surface area contributed by atoms with Crippen molar-refractivity contribution in [2.75, 3.05) is 11.9 Å². The fourth-order valence-electron chi connectivity index (χ4n) is 4.52. The predicted octanol–water partition coefficient (Wildman–Crippen LogP) is 2.82. The van der Waals surface area contributed by atoms with E-state index in [4.69, 9.17) is 33.2 Å². The number of rotatable bonds is 3. The number of nitrogens with two attached hydrogens (primary N) is 2. The molecular formula is C23H19N3O5S. The van der Waals surface area contributed by atoms with Crippen LogP contribution in [0.4, 0.5) is 5.69 Å². The number of aromatic hydroxyl groups is 2. The number of esters is 1. The van der Waals surface area contributed by atoms with Crippen LogP contribution in [0.25, 0.3) is 0 Å². The summed E-state index contributed by atoms with van der Waals surface area (Å²) in [5.41, 5.74) is 13.0. The van der Waals surface area contributed by atoms with Gasteiger partial charge in [-0.1, -0.05) is 18.2 Å². The van der Waals surface area contributed by atoms with Crippen molar-refractivity contribution < 1.29 is 24.5 Å².